The van der Waals surface area contributed by atoms with Crippen LogP contribution in [0.4, 0.5) is 0 Å². The number of nitrogens with two attached hydrogens (primary N) is 1. The minimum absolute atomic E-state index is 0.00350. The number of carbonyl (C=O) groups is 1. The summed E-state index contributed by atoms with van der Waals surface area (Å²) in [5.41, 5.74) is 6.84. The van der Waals surface area contributed by atoms with Gasteiger partial charge in [0.05, 0.1) is 0 Å². The second kappa shape index (κ2) is 7.14. The van der Waals surface area contributed by atoms with E-state index in [1.165, 1.54) is 0 Å². The molecule has 0 aliphatic heterocycles. The molecule has 1 unspecified atom stereocenters. The normalized spacial score (nSPS) is 13.7. The lowest BCUT2D eigenvalue weighted by atomic mass is 10.1. The lowest BCUT2D eigenvalue weighted by Crippen LogP contribution is -2.40. The van der Waals surface area contributed by atoms with Gasteiger partial charge >= 0.3 is 0 Å². The van der Waals surface area contributed by atoms with Gasteiger partial charge < -0.3 is 15.4 Å². The first-order valence-corrected chi connectivity index (χ1v) is 6.80. The molecule has 0 aliphatic rings. The van der Waals surface area contributed by atoms with Gasteiger partial charge in [0, 0.05) is 19.1 Å². The monoisotopic (exact) mass is 264 g/mol. The van der Waals surface area contributed by atoms with Gasteiger partial charge in [-0.2, -0.15) is 0 Å². The predicted octanol–water partition coefficient (Wildman–Crippen LogP) is 2.34. The largest absolute Gasteiger partial charge is 0.481 e. The van der Waals surface area contributed by atoms with Crippen molar-refractivity contribution in [3.05, 3.63) is 29.8 Å². The van der Waals surface area contributed by atoms with E-state index in [0.717, 1.165) is 5.56 Å². The Bertz CT molecular complexity index is 397. The van der Waals surface area contributed by atoms with Crippen LogP contribution in [0.2, 0.25) is 0 Å². The van der Waals surface area contributed by atoms with Crippen LogP contribution < -0.4 is 10.5 Å². The van der Waals surface area contributed by atoms with Crippen LogP contribution in [0.25, 0.3) is 0 Å². The highest BCUT2D eigenvalue weighted by molar-refractivity contribution is 5.80. The summed E-state index contributed by atoms with van der Waals surface area (Å²) in [6.07, 6.45) is -0.471. The predicted molar refractivity (Wildman–Crippen MR) is 77.1 cm³/mol. The summed E-state index contributed by atoms with van der Waals surface area (Å²) in [6.45, 7) is 9.04. The van der Waals surface area contributed by atoms with E-state index in [1.54, 1.807) is 11.8 Å². The fraction of sp³-hybridized carbons (Fsp3) is 0.533. The molecule has 0 saturated heterocycles. The molecule has 0 heterocycles. The van der Waals surface area contributed by atoms with Crippen molar-refractivity contribution in [1.82, 2.24) is 4.90 Å². The highest BCUT2D eigenvalue weighted by Gasteiger charge is 2.19. The van der Waals surface area contributed by atoms with Crippen molar-refractivity contribution in [3.63, 3.8) is 0 Å². The number of rotatable bonds is 6. The van der Waals surface area contributed by atoms with Crippen LogP contribution in [-0.4, -0.2) is 30.0 Å². The molecule has 1 aromatic carbocycles. The number of nitrogens with zero attached hydrogens (tertiary/aromatic N) is 1. The zero-order valence-electron chi connectivity index (χ0n) is 12.2. The van der Waals surface area contributed by atoms with Gasteiger partial charge in [-0.05, 0) is 45.4 Å². The van der Waals surface area contributed by atoms with E-state index < -0.39 is 6.10 Å². The Labute approximate surface area is 115 Å². The van der Waals surface area contributed by atoms with Gasteiger partial charge in [0.25, 0.3) is 5.91 Å². The molecule has 1 rings (SSSR count). The fourth-order valence-corrected chi connectivity index (χ4v) is 1.90. The SMILES string of the molecule is CCN(CC)C(=O)C(C)Oc1ccc([C@H](C)N)cc1. The molecule has 106 valence electrons. The number of benzene rings is 1. The first kappa shape index (κ1) is 15.5. The van der Waals surface area contributed by atoms with E-state index in [0.29, 0.717) is 18.8 Å². The van der Waals surface area contributed by atoms with E-state index >= 15 is 0 Å². The van der Waals surface area contributed by atoms with Gasteiger partial charge in [-0.25, -0.2) is 0 Å². The molecule has 0 aliphatic carbocycles. The molecule has 0 bridgehead atoms. The molecule has 4 nitrogen and oxygen atoms in total. The Morgan fingerprint density at radius 3 is 2.16 bits per heavy atom. The molecule has 0 radical (unpaired) electrons. The van der Waals surface area contributed by atoms with Gasteiger partial charge in [0.1, 0.15) is 5.75 Å². The third-order valence-electron chi connectivity index (χ3n) is 3.14. The zero-order chi connectivity index (χ0) is 14.4. The molecule has 0 spiro atoms. The summed E-state index contributed by atoms with van der Waals surface area (Å²) in [5.74, 6) is 0.707. The molecule has 2 N–H and O–H groups in total. The lowest BCUT2D eigenvalue weighted by Gasteiger charge is -2.23. The quantitative estimate of drug-likeness (QED) is 0.858. The maximum absolute atomic E-state index is 12.1. The zero-order valence-corrected chi connectivity index (χ0v) is 12.2. The molecular formula is C15H24N2O2. The molecule has 0 saturated carbocycles. The number of carbonyl (C=O) groups excluding carboxylic acids is 1. The molecule has 2 atom stereocenters. The van der Waals surface area contributed by atoms with E-state index in [-0.39, 0.29) is 11.9 Å². The van der Waals surface area contributed by atoms with Crippen LogP contribution in [0.5, 0.6) is 5.75 Å². The van der Waals surface area contributed by atoms with Crippen LogP contribution in [-0.2, 0) is 4.79 Å². The Kier molecular flexibility index (Phi) is 5.83. The summed E-state index contributed by atoms with van der Waals surface area (Å²) in [4.78, 5) is 13.8. The summed E-state index contributed by atoms with van der Waals surface area (Å²) >= 11 is 0. The average molecular weight is 264 g/mol. The van der Waals surface area contributed by atoms with Gasteiger partial charge in [-0.1, -0.05) is 12.1 Å². The second-order valence-electron chi connectivity index (χ2n) is 4.63. The van der Waals surface area contributed by atoms with Crippen LogP contribution in [0.15, 0.2) is 24.3 Å². The van der Waals surface area contributed by atoms with Crippen molar-refractivity contribution in [2.45, 2.75) is 39.8 Å². The Balaban J connectivity index is 2.66. The summed E-state index contributed by atoms with van der Waals surface area (Å²) in [5, 5.41) is 0. The van der Waals surface area contributed by atoms with E-state index in [9.17, 15) is 4.79 Å². The van der Waals surface area contributed by atoms with Crippen LogP contribution >= 0.6 is 0 Å². The standard InChI is InChI=1S/C15H24N2O2/c1-5-17(6-2)15(18)12(4)19-14-9-7-13(8-10-14)11(3)16/h7-12H,5-6,16H2,1-4H3/t11-,12?/m0/s1. The van der Waals surface area contributed by atoms with Gasteiger partial charge in [-0.3, -0.25) is 4.79 Å². The first-order chi connectivity index (χ1) is 8.99. The maximum atomic E-state index is 12.1. The maximum Gasteiger partial charge on any atom is 0.263 e. The van der Waals surface area contributed by atoms with Crippen molar-refractivity contribution in [2.24, 2.45) is 5.73 Å². The average Bonchev–Trinajstić information content (AvgIpc) is 2.40. The lowest BCUT2D eigenvalue weighted by molar-refractivity contribution is -0.137. The number of likely N-dealkylation sites (N-methyl/N-ethyl adjacent to an activating group) is 1. The Hall–Kier alpha value is -1.55. The van der Waals surface area contributed by atoms with Gasteiger partial charge in [0.2, 0.25) is 0 Å². The van der Waals surface area contributed by atoms with Crippen molar-refractivity contribution in [1.29, 1.82) is 0 Å². The van der Waals surface area contributed by atoms with E-state index in [1.807, 2.05) is 45.0 Å². The van der Waals surface area contributed by atoms with Crippen LogP contribution in [0.1, 0.15) is 39.3 Å². The number of hydrogen-bond acceptors (Lipinski definition) is 3. The summed E-state index contributed by atoms with van der Waals surface area (Å²) < 4.78 is 5.66. The molecule has 19 heavy (non-hydrogen) atoms. The van der Waals surface area contributed by atoms with E-state index in [4.69, 9.17) is 10.5 Å². The highest BCUT2D eigenvalue weighted by Crippen LogP contribution is 2.17. The van der Waals surface area contributed by atoms with Crippen molar-refractivity contribution < 1.29 is 9.53 Å². The molecule has 4 heteroatoms. The third kappa shape index (κ3) is 4.24. The highest BCUT2D eigenvalue weighted by atomic mass is 16.5. The summed E-state index contributed by atoms with van der Waals surface area (Å²) in [6, 6.07) is 7.56. The fourth-order valence-electron chi connectivity index (χ4n) is 1.90. The van der Waals surface area contributed by atoms with E-state index in [2.05, 4.69) is 0 Å². The third-order valence-corrected chi connectivity index (χ3v) is 3.14. The topological polar surface area (TPSA) is 55.6 Å². The van der Waals surface area contributed by atoms with Gasteiger partial charge in [-0.15, -0.1) is 0 Å². The Morgan fingerprint density at radius 1 is 1.21 bits per heavy atom. The molecular weight excluding hydrogens is 240 g/mol. The minimum atomic E-state index is -0.471. The molecule has 1 aromatic rings. The van der Waals surface area contributed by atoms with Crippen molar-refractivity contribution >= 4 is 5.91 Å². The van der Waals surface area contributed by atoms with Crippen LogP contribution in [0.3, 0.4) is 0 Å². The second-order valence-corrected chi connectivity index (χ2v) is 4.63. The number of ether oxygens (including phenoxy) is 1. The number of hydrogen-bond donors (Lipinski definition) is 1. The van der Waals surface area contributed by atoms with Gasteiger partial charge in [0.15, 0.2) is 6.10 Å². The van der Waals surface area contributed by atoms with Crippen molar-refractivity contribution in [3.8, 4) is 5.75 Å². The number of amides is 1. The molecule has 0 aromatic heterocycles. The van der Waals surface area contributed by atoms with Crippen LogP contribution in [0, 0.1) is 0 Å². The first-order valence-electron chi connectivity index (χ1n) is 6.80. The Morgan fingerprint density at radius 2 is 1.74 bits per heavy atom. The smallest absolute Gasteiger partial charge is 0.263 e. The molecule has 0 fully saturated rings. The summed E-state index contributed by atoms with van der Waals surface area (Å²) in [7, 11) is 0. The van der Waals surface area contributed by atoms with Crippen molar-refractivity contribution in [2.75, 3.05) is 13.1 Å². The molecule has 1 amide bonds. The minimum Gasteiger partial charge on any atom is -0.481 e.